The van der Waals surface area contributed by atoms with E-state index in [1.54, 1.807) is 36.4 Å². The van der Waals surface area contributed by atoms with Crippen molar-refractivity contribution in [2.24, 2.45) is 0 Å². The molecule has 0 radical (unpaired) electrons. The Labute approximate surface area is 158 Å². The fourth-order valence-corrected chi connectivity index (χ4v) is 5.43. The molecular weight excluding hydrogens is 366 g/mol. The van der Waals surface area contributed by atoms with Gasteiger partial charge in [-0.25, -0.2) is 8.42 Å². The first-order valence-electron chi connectivity index (χ1n) is 9.09. The number of anilines is 1. The van der Waals surface area contributed by atoms with E-state index in [2.05, 4.69) is 5.32 Å². The van der Waals surface area contributed by atoms with Crippen molar-refractivity contribution >= 4 is 21.4 Å². The van der Waals surface area contributed by atoms with Crippen molar-refractivity contribution < 1.29 is 22.7 Å². The first kappa shape index (κ1) is 17.9. The highest BCUT2D eigenvalue weighted by atomic mass is 32.2. The summed E-state index contributed by atoms with van der Waals surface area (Å²) in [5, 5.41) is 2.45. The van der Waals surface area contributed by atoms with Crippen LogP contribution in [-0.2, 0) is 9.84 Å². The first-order chi connectivity index (χ1) is 13.0. The van der Waals surface area contributed by atoms with Crippen molar-refractivity contribution in [2.45, 2.75) is 35.8 Å². The lowest BCUT2D eigenvalue weighted by Gasteiger charge is -2.18. The minimum absolute atomic E-state index is 0.259. The Balaban J connectivity index is 1.54. The number of benzene rings is 2. The molecule has 1 aliphatic carbocycles. The molecule has 0 unspecified atom stereocenters. The number of hydrogen-bond acceptors (Lipinski definition) is 5. The predicted molar refractivity (Wildman–Crippen MR) is 101 cm³/mol. The number of hydrogen-bond donors (Lipinski definition) is 1. The smallest absolute Gasteiger partial charge is 0.255 e. The van der Waals surface area contributed by atoms with Crippen LogP contribution in [0.5, 0.6) is 11.5 Å². The van der Waals surface area contributed by atoms with Gasteiger partial charge in [-0.15, -0.1) is 0 Å². The second-order valence-corrected chi connectivity index (χ2v) is 9.02. The molecule has 0 saturated heterocycles. The van der Waals surface area contributed by atoms with E-state index in [4.69, 9.17) is 9.47 Å². The molecule has 4 rings (SSSR count). The fourth-order valence-electron chi connectivity index (χ4n) is 3.53. The molecule has 1 saturated carbocycles. The maximum Gasteiger partial charge on any atom is 0.255 e. The number of amides is 1. The monoisotopic (exact) mass is 387 g/mol. The summed E-state index contributed by atoms with van der Waals surface area (Å²) in [6.45, 7) is 0.931. The molecule has 2 aromatic carbocycles. The molecule has 142 valence electrons. The normalized spacial score (nSPS) is 16.9. The highest BCUT2D eigenvalue weighted by Gasteiger charge is 2.30. The number of carbonyl (C=O) groups is 1. The van der Waals surface area contributed by atoms with E-state index in [1.807, 2.05) is 0 Å². The number of nitrogens with one attached hydrogen (secondary N) is 1. The standard InChI is InChI=1S/C20H21NO5S/c22-20(14-8-9-18-19(12-14)26-11-10-25-18)21-15-4-3-7-17(13-15)27(23,24)16-5-1-2-6-16/h3-4,7-9,12-13,16H,1-2,5-6,10-11H2,(H,21,22). The molecule has 0 aromatic heterocycles. The van der Waals surface area contributed by atoms with Crippen molar-refractivity contribution in [3.05, 3.63) is 48.0 Å². The van der Waals surface area contributed by atoms with Gasteiger partial charge in [0.05, 0.1) is 10.1 Å². The number of rotatable bonds is 4. The van der Waals surface area contributed by atoms with Crippen LogP contribution in [0.3, 0.4) is 0 Å². The average Bonchev–Trinajstić information content (AvgIpc) is 3.23. The summed E-state index contributed by atoms with van der Waals surface area (Å²) < 4.78 is 36.5. The molecule has 1 heterocycles. The topological polar surface area (TPSA) is 81.7 Å². The van der Waals surface area contributed by atoms with Gasteiger partial charge in [-0.1, -0.05) is 18.9 Å². The maximum absolute atomic E-state index is 12.8. The summed E-state index contributed by atoms with van der Waals surface area (Å²) in [6, 6.07) is 11.4. The predicted octanol–water partition coefficient (Wildman–Crippen LogP) is 3.43. The van der Waals surface area contributed by atoms with Gasteiger partial charge in [0.15, 0.2) is 21.3 Å². The van der Waals surface area contributed by atoms with Crippen molar-refractivity contribution in [3.63, 3.8) is 0 Å². The SMILES string of the molecule is O=C(Nc1cccc(S(=O)(=O)C2CCCC2)c1)c1ccc2c(c1)OCCO2. The van der Waals surface area contributed by atoms with Crippen molar-refractivity contribution in [3.8, 4) is 11.5 Å². The molecule has 0 bridgehead atoms. The summed E-state index contributed by atoms with van der Waals surface area (Å²) in [4.78, 5) is 12.8. The third-order valence-electron chi connectivity index (χ3n) is 4.97. The molecule has 1 amide bonds. The fraction of sp³-hybridized carbons (Fsp3) is 0.350. The molecule has 1 aliphatic heterocycles. The van der Waals surface area contributed by atoms with Crippen LogP contribution in [0.1, 0.15) is 36.0 Å². The Kier molecular flexibility index (Phi) is 4.78. The lowest BCUT2D eigenvalue weighted by atomic mass is 10.1. The summed E-state index contributed by atoms with van der Waals surface area (Å²) in [6.07, 6.45) is 3.31. The lowest BCUT2D eigenvalue weighted by Crippen LogP contribution is -2.19. The molecule has 6 nitrogen and oxygen atoms in total. The van der Waals surface area contributed by atoms with Crippen molar-refractivity contribution in [2.75, 3.05) is 18.5 Å². The first-order valence-corrected chi connectivity index (χ1v) is 10.6. The minimum Gasteiger partial charge on any atom is -0.486 e. The summed E-state index contributed by atoms with van der Waals surface area (Å²) in [7, 11) is -3.36. The van der Waals surface area contributed by atoms with Crippen molar-refractivity contribution in [1.29, 1.82) is 0 Å². The maximum atomic E-state index is 12.8. The van der Waals surface area contributed by atoms with Gasteiger partial charge in [0.25, 0.3) is 5.91 Å². The van der Waals surface area contributed by atoms with Gasteiger partial charge in [0, 0.05) is 11.3 Å². The van der Waals surface area contributed by atoms with E-state index >= 15 is 0 Å². The highest BCUT2D eigenvalue weighted by molar-refractivity contribution is 7.92. The van der Waals surface area contributed by atoms with Crippen LogP contribution in [-0.4, -0.2) is 32.8 Å². The van der Waals surface area contributed by atoms with Crippen LogP contribution in [0.25, 0.3) is 0 Å². The molecule has 1 N–H and O–H groups in total. The Bertz CT molecular complexity index is 964. The van der Waals surface area contributed by atoms with E-state index in [0.29, 0.717) is 48.8 Å². The quantitative estimate of drug-likeness (QED) is 0.869. The number of carbonyl (C=O) groups excluding carboxylic acids is 1. The van der Waals surface area contributed by atoms with Gasteiger partial charge in [-0.05, 0) is 49.2 Å². The Morgan fingerprint density at radius 1 is 0.963 bits per heavy atom. The third-order valence-corrected chi connectivity index (χ3v) is 7.23. The number of ether oxygens (including phenoxy) is 2. The molecule has 0 atom stereocenters. The largest absolute Gasteiger partial charge is 0.486 e. The summed E-state index contributed by atoms with van der Waals surface area (Å²) >= 11 is 0. The molecule has 2 aromatic rings. The van der Waals surface area contributed by atoms with Gasteiger partial charge in [-0.3, -0.25) is 4.79 Å². The Morgan fingerprint density at radius 2 is 1.70 bits per heavy atom. The van der Waals surface area contributed by atoms with Gasteiger partial charge in [-0.2, -0.15) is 0 Å². The van der Waals surface area contributed by atoms with Crippen LogP contribution in [0.15, 0.2) is 47.4 Å². The van der Waals surface area contributed by atoms with Crippen LogP contribution in [0.2, 0.25) is 0 Å². The number of sulfone groups is 1. The Hall–Kier alpha value is -2.54. The van der Waals surface area contributed by atoms with Gasteiger partial charge >= 0.3 is 0 Å². The van der Waals surface area contributed by atoms with E-state index in [9.17, 15) is 13.2 Å². The van der Waals surface area contributed by atoms with E-state index in [1.165, 1.54) is 6.07 Å². The second-order valence-electron chi connectivity index (χ2n) is 6.79. The van der Waals surface area contributed by atoms with Gasteiger partial charge in [0.1, 0.15) is 13.2 Å². The zero-order valence-corrected chi connectivity index (χ0v) is 15.6. The zero-order chi connectivity index (χ0) is 18.9. The van der Waals surface area contributed by atoms with E-state index < -0.39 is 9.84 Å². The summed E-state index contributed by atoms with van der Waals surface area (Å²) in [5.41, 5.74) is 0.872. The van der Waals surface area contributed by atoms with Crippen LogP contribution in [0.4, 0.5) is 5.69 Å². The van der Waals surface area contributed by atoms with E-state index in [0.717, 1.165) is 12.8 Å². The molecule has 0 spiro atoms. The molecule has 2 aliphatic rings. The van der Waals surface area contributed by atoms with Crippen LogP contribution in [0, 0.1) is 0 Å². The van der Waals surface area contributed by atoms with Crippen LogP contribution < -0.4 is 14.8 Å². The number of fused-ring (bicyclic) bond motifs is 1. The molecule has 7 heteroatoms. The average molecular weight is 387 g/mol. The molecular formula is C20H21NO5S. The second kappa shape index (κ2) is 7.23. The highest BCUT2D eigenvalue weighted by Crippen LogP contribution is 2.32. The molecule has 27 heavy (non-hydrogen) atoms. The third kappa shape index (κ3) is 3.64. The van der Waals surface area contributed by atoms with Gasteiger partial charge < -0.3 is 14.8 Å². The van der Waals surface area contributed by atoms with E-state index in [-0.39, 0.29) is 16.1 Å². The minimum atomic E-state index is -3.36. The van der Waals surface area contributed by atoms with Gasteiger partial charge in [0.2, 0.25) is 0 Å². The summed E-state index contributed by atoms with van der Waals surface area (Å²) in [5.74, 6) is 0.816. The Morgan fingerprint density at radius 3 is 2.48 bits per heavy atom. The van der Waals surface area contributed by atoms with Crippen LogP contribution >= 0.6 is 0 Å². The zero-order valence-electron chi connectivity index (χ0n) is 14.8. The molecule has 1 fully saturated rings. The van der Waals surface area contributed by atoms with Crippen molar-refractivity contribution in [1.82, 2.24) is 0 Å². The lowest BCUT2D eigenvalue weighted by molar-refractivity contribution is 0.102.